The number of hydrogen-bond donors (Lipinski definition) is 2. The molecule has 1 aromatic heterocycles. The molecule has 0 atom stereocenters. The van der Waals surface area contributed by atoms with Gasteiger partial charge in [-0.05, 0) is 37.2 Å². The van der Waals surface area contributed by atoms with Crippen molar-refractivity contribution in [1.29, 1.82) is 0 Å². The zero-order chi connectivity index (χ0) is 9.80. The summed E-state index contributed by atoms with van der Waals surface area (Å²) in [5.41, 5.74) is 6.89. The molecule has 4 nitrogen and oxygen atoms in total. The zero-order valence-corrected chi connectivity index (χ0v) is 8.96. The number of hydrogen-bond acceptors (Lipinski definition) is 5. The van der Waals surface area contributed by atoms with E-state index in [9.17, 15) is 0 Å². The average molecular weight is 212 g/mol. The van der Waals surface area contributed by atoms with Gasteiger partial charge in [0.15, 0.2) is 0 Å². The van der Waals surface area contributed by atoms with Crippen molar-refractivity contribution in [2.45, 2.75) is 44.3 Å². The summed E-state index contributed by atoms with van der Waals surface area (Å²) in [6, 6.07) is 1.05. The maximum Gasteiger partial charge on any atom is 0.0893 e. The quantitative estimate of drug-likeness (QED) is 0.781. The lowest BCUT2D eigenvalue weighted by molar-refractivity contribution is 0.341. The first-order valence-corrected chi connectivity index (χ1v) is 5.93. The molecule has 14 heavy (non-hydrogen) atoms. The standard InChI is InChI=1S/C9H16N4S/c10-7-1-3-8(4-2-7)11-5-9-6-14-13-12-9/h6-8,11H,1-5,10H2. The fourth-order valence-electron chi connectivity index (χ4n) is 1.83. The van der Waals surface area contributed by atoms with Gasteiger partial charge in [0, 0.05) is 24.0 Å². The third kappa shape index (κ3) is 2.73. The number of nitrogens with one attached hydrogen (secondary N) is 1. The molecule has 1 heterocycles. The van der Waals surface area contributed by atoms with Gasteiger partial charge in [0.1, 0.15) is 0 Å². The molecule has 0 unspecified atom stereocenters. The summed E-state index contributed by atoms with van der Waals surface area (Å²) in [7, 11) is 0. The molecule has 0 aromatic carbocycles. The lowest BCUT2D eigenvalue weighted by atomic mass is 9.92. The smallest absolute Gasteiger partial charge is 0.0893 e. The molecular formula is C9H16N4S. The highest BCUT2D eigenvalue weighted by molar-refractivity contribution is 7.03. The lowest BCUT2D eigenvalue weighted by Gasteiger charge is -2.26. The van der Waals surface area contributed by atoms with Crippen LogP contribution in [0.1, 0.15) is 31.4 Å². The molecule has 0 amide bonds. The summed E-state index contributed by atoms with van der Waals surface area (Å²) >= 11 is 1.41. The van der Waals surface area contributed by atoms with Crippen molar-refractivity contribution in [3.8, 4) is 0 Å². The maximum absolute atomic E-state index is 5.84. The van der Waals surface area contributed by atoms with Crippen molar-refractivity contribution in [1.82, 2.24) is 14.9 Å². The molecule has 0 spiro atoms. The monoisotopic (exact) mass is 212 g/mol. The number of nitrogens with zero attached hydrogens (tertiary/aromatic N) is 2. The third-order valence-corrected chi connectivity index (χ3v) is 3.30. The summed E-state index contributed by atoms with van der Waals surface area (Å²) in [6.07, 6.45) is 4.68. The van der Waals surface area contributed by atoms with Crippen LogP contribution in [0.2, 0.25) is 0 Å². The van der Waals surface area contributed by atoms with E-state index in [1.165, 1.54) is 24.4 Å². The van der Waals surface area contributed by atoms with E-state index in [0.717, 1.165) is 25.1 Å². The summed E-state index contributed by atoms with van der Waals surface area (Å²) in [6.45, 7) is 0.844. The zero-order valence-electron chi connectivity index (χ0n) is 8.15. The van der Waals surface area contributed by atoms with Crippen molar-refractivity contribution >= 4 is 11.5 Å². The van der Waals surface area contributed by atoms with Crippen molar-refractivity contribution in [2.24, 2.45) is 5.73 Å². The van der Waals surface area contributed by atoms with Crippen LogP contribution >= 0.6 is 11.5 Å². The molecule has 0 saturated heterocycles. The van der Waals surface area contributed by atoms with Gasteiger partial charge in [0.05, 0.1) is 5.69 Å². The molecule has 1 saturated carbocycles. The van der Waals surface area contributed by atoms with Crippen LogP contribution in [0.4, 0.5) is 0 Å². The molecule has 2 rings (SSSR count). The first kappa shape index (κ1) is 10.0. The van der Waals surface area contributed by atoms with Crippen LogP contribution in [0.3, 0.4) is 0 Å². The number of nitrogens with two attached hydrogens (primary N) is 1. The van der Waals surface area contributed by atoms with Gasteiger partial charge < -0.3 is 11.1 Å². The van der Waals surface area contributed by atoms with Crippen molar-refractivity contribution < 1.29 is 0 Å². The van der Waals surface area contributed by atoms with Crippen LogP contribution < -0.4 is 11.1 Å². The highest BCUT2D eigenvalue weighted by Gasteiger charge is 2.17. The second-order valence-corrected chi connectivity index (χ2v) is 4.50. The second kappa shape index (κ2) is 4.82. The Bertz CT molecular complexity index is 254. The van der Waals surface area contributed by atoms with E-state index in [2.05, 4.69) is 14.9 Å². The number of aromatic nitrogens is 2. The predicted octanol–water partition coefficient (Wildman–Crippen LogP) is 0.898. The molecule has 0 radical (unpaired) electrons. The van der Waals surface area contributed by atoms with Gasteiger partial charge >= 0.3 is 0 Å². The van der Waals surface area contributed by atoms with Gasteiger partial charge in [-0.25, -0.2) is 0 Å². The Kier molecular flexibility index (Phi) is 3.44. The normalized spacial score (nSPS) is 27.8. The van der Waals surface area contributed by atoms with Gasteiger partial charge in [-0.15, -0.1) is 5.10 Å². The predicted molar refractivity (Wildman–Crippen MR) is 57.0 cm³/mol. The van der Waals surface area contributed by atoms with E-state index in [-0.39, 0.29) is 0 Å². The summed E-state index contributed by atoms with van der Waals surface area (Å²) in [5, 5.41) is 9.48. The molecule has 1 aromatic rings. The minimum absolute atomic E-state index is 0.425. The topological polar surface area (TPSA) is 63.8 Å². The van der Waals surface area contributed by atoms with Crippen LogP contribution in [-0.2, 0) is 6.54 Å². The lowest BCUT2D eigenvalue weighted by Crippen LogP contribution is -2.37. The van der Waals surface area contributed by atoms with E-state index >= 15 is 0 Å². The SMILES string of the molecule is NC1CCC(NCc2csnn2)CC1. The van der Waals surface area contributed by atoms with Gasteiger partial charge in [0.25, 0.3) is 0 Å². The Hall–Kier alpha value is -0.520. The van der Waals surface area contributed by atoms with E-state index in [1.807, 2.05) is 5.38 Å². The van der Waals surface area contributed by atoms with Crippen LogP contribution in [0.25, 0.3) is 0 Å². The van der Waals surface area contributed by atoms with Gasteiger partial charge in [-0.2, -0.15) is 0 Å². The van der Waals surface area contributed by atoms with E-state index in [0.29, 0.717) is 12.1 Å². The Balaban J connectivity index is 1.71. The van der Waals surface area contributed by atoms with Crippen molar-refractivity contribution in [3.05, 3.63) is 11.1 Å². The first-order chi connectivity index (χ1) is 6.84. The highest BCUT2D eigenvalue weighted by atomic mass is 32.1. The summed E-state index contributed by atoms with van der Waals surface area (Å²) in [4.78, 5) is 0. The molecular weight excluding hydrogens is 196 g/mol. The molecule has 1 aliphatic carbocycles. The Morgan fingerprint density at radius 2 is 2.21 bits per heavy atom. The molecule has 1 aliphatic rings. The van der Waals surface area contributed by atoms with Crippen LogP contribution in [0.5, 0.6) is 0 Å². The summed E-state index contributed by atoms with van der Waals surface area (Å²) < 4.78 is 3.83. The van der Waals surface area contributed by atoms with Crippen molar-refractivity contribution in [2.75, 3.05) is 0 Å². The van der Waals surface area contributed by atoms with E-state index in [1.54, 1.807) is 0 Å². The molecule has 0 aliphatic heterocycles. The highest BCUT2D eigenvalue weighted by Crippen LogP contribution is 2.17. The van der Waals surface area contributed by atoms with Crippen LogP contribution in [0, 0.1) is 0 Å². The molecule has 78 valence electrons. The molecule has 5 heteroatoms. The van der Waals surface area contributed by atoms with E-state index in [4.69, 9.17) is 5.73 Å². The third-order valence-electron chi connectivity index (χ3n) is 2.75. The Morgan fingerprint density at radius 1 is 1.43 bits per heavy atom. The second-order valence-electron chi connectivity index (χ2n) is 3.89. The molecule has 1 fully saturated rings. The fraction of sp³-hybridized carbons (Fsp3) is 0.778. The average Bonchev–Trinajstić information content (AvgIpc) is 2.70. The Morgan fingerprint density at radius 3 is 2.86 bits per heavy atom. The van der Waals surface area contributed by atoms with Gasteiger partial charge in [-0.1, -0.05) is 4.49 Å². The van der Waals surface area contributed by atoms with Crippen LogP contribution in [-0.4, -0.2) is 21.7 Å². The van der Waals surface area contributed by atoms with Crippen LogP contribution in [0.15, 0.2) is 5.38 Å². The fourth-order valence-corrected chi connectivity index (χ4v) is 2.28. The first-order valence-electron chi connectivity index (χ1n) is 5.09. The van der Waals surface area contributed by atoms with Crippen molar-refractivity contribution in [3.63, 3.8) is 0 Å². The largest absolute Gasteiger partial charge is 0.328 e. The minimum Gasteiger partial charge on any atom is -0.328 e. The summed E-state index contributed by atoms with van der Waals surface area (Å²) in [5.74, 6) is 0. The van der Waals surface area contributed by atoms with Gasteiger partial charge in [0.2, 0.25) is 0 Å². The van der Waals surface area contributed by atoms with Gasteiger partial charge in [-0.3, -0.25) is 0 Å². The van der Waals surface area contributed by atoms with E-state index < -0.39 is 0 Å². The number of rotatable bonds is 3. The Labute approximate surface area is 88.1 Å². The maximum atomic E-state index is 5.84. The minimum atomic E-state index is 0.425. The molecule has 3 N–H and O–H groups in total. The molecule has 0 bridgehead atoms.